The Morgan fingerprint density at radius 3 is 2.13 bits per heavy atom. The Kier molecular flexibility index (Phi) is 5.40. The monoisotopic (exact) mass is 402 g/mol. The molecule has 0 radical (unpaired) electrons. The molecule has 1 aliphatic heterocycles. The van der Waals surface area contributed by atoms with Gasteiger partial charge < -0.3 is 9.64 Å². The van der Waals surface area contributed by atoms with Crippen molar-refractivity contribution in [1.29, 1.82) is 0 Å². The average Bonchev–Trinajstić information content (AvgIpc) is 3.14. The first kappa shape index (κ1) is 19.9. The summed E-state index contributed by atoms with van der Waals surface area (Å²) in [7, 11) is 0. The van der Waals surface area contributed by atoms with E-state index in [1.54, 1.807) is 11.1 Å². The summed E-state index contributed by atoms with van der Waals surface area (Å²) < 4.78 is 7.47. The van der Waals surface area contributed by atoms with Gasteiger partial charge >= 0.3 is 6.09 Å². The second kappa shape index (κ2) is 8.14. The van der Waals surface area contributed by atoms with Crippen LogP contribution in [0.5, 0.6) is 0 Å². The van der Waals surface area contributed by atoms with Gasteiger partial charge in [-0.3, -0.25) is 4.68 Å². The highest BCUT2D eigenvalue weighted by atomic mass is 16.6. The van der Waals surface area contributed by atoms with E-state index in [1.165, 1.54) is 0 Å². The molecule has 30 heavy (non-hydrogen) atoms. The molecule has 6 heteroatoms. The zero-order chi connectivity index (χ0) is 21.1. The van der Waals surface area contributed by atoms with Gasteiger partial charge in [-0.25, -0.2) is 9.79 Å². The Labute approximate surface area is 176 Å². The number of carbonyl (C=O) groups excluding carboxylic acids is 1. The van der Waals surface area contributed by atoms with Gasteiger partial charge in [0.25, 0.3) is 0 Å². The van der Waals surface area contributed by atoms with Crippen molar-refractivity contribution in [2.45, 2.75) is 39.5 Å². The van der Waals surface area contributed by atoms with Crippen molar-refractivity contribution in [3.8, 4) is 0 Å². The molecule has 0 N–H and O–H groups in total. The SMILES string of the molecule is CC(C)(C)OC(=O)N1CCn2ncc(N=C(c3ccccc3)c3ccccc3)c2C1. The number of fused-ring (bicyclic) bond motifs is 1. The highest BCUT2D eigenvalue weighted by molar-refractivity contribution is 6.14. The molecule has 1 aromatic heterocycles. The molecular weight excluding hydrogens is 376 g/mol. The van der Waals surface area contributed by atoms with Gasteiger partial charge in [-0.15, -0.1) is 0 Å². The summed E-state index contributed by atoms with van der Waals surface area (Å²) >= 11 is 0. The second-order valence-corrected chi connectivity index (χ2v) is 8.29. The first-order valence-electron chi connectivity index (χ1n) is 10.1. The minimum absolute atomic E-state index is 0.309. The number of benzene rings is 2. The van der Waals surface area contributed by atoms with Crippen LogP contribution in [0.15, 0.2) is 71.9 Å². The van der Waals surface area contributed by atoms with Crippen molar-refractivity contribution >= 4 is 17.5 Å². The van der Waals surface area contributed by atoms with E-state index in [-0.39, 0.29) is 6.09 Å². The van der Waals surface area contributed by atoms with Crippen LogP contribution in [0.4, 0.5) is 10.5 Å². The molecule has 1 amide bonds. The minimum atomic E-state index is -0.524. The average molecular weight is 402 g/mol. The lowest BCUT2D eigenvalue weighted by Gasteiger charge is -2.30. The molecule has 0 aliphatic carbocycles. The fourth-order valence-corrected chi connectivity index (χ4v) is 3.42. The lowest BCUT2D eigenvalue weighted by molar-refractivity contribution is 0.0195. The Balaban J connectivity index is 1.69. The lowest BCUT2D eigenvalue weighted by atomic mass is 10.0. The quantitative estimate of drug-likeness (QED) is 0.591. The summed E-state index contributed by atoms with van der Waals surface area (Å²) in [5.41, 5.74) is 4.10. The summed E-state index contributed by atoms with van der Waals surface area (Å²) in [6.07, 6.45) is 1.47. The van der Waals surface area contributed by atoms with Gasteiger partial charge in [0.2, 0.25) is 0 Å². The Bertz CT molecular complexity index is 1010. The number of carbonyl (C=O) groups is 1. The van der Waals surface area contributed by atoms with E-state index < -0.39 is 5.60 Å². The highest BCUT2D eigenvalue weighted by Crippen LogP contribution is 2.27. The highest BCUT2D eigenvalue weighted by Gasteiger charge is 2.28. The molecule has 0 bridgehead atoms. The molecule has 0 fully saturated rings. The molecule has 0 atom stereocenters. The van der Waals surface area contributed by atoms with Crippen molar-refractivity contribution < 1.29 is 9.53 Å². The molecule has 0 saturated heterocycles. The van der Waals surface area contributed by atoms with Gasteiger partial charge in [-0.1, -0.05) is 60.7 Å². The Hall–Kier alpha value is -3.41. The van der Waals surface area contributed by atoms with E-state index in [4.69, 9.17) is 9.73 Å². The van der Waals surface area contributed by atoms with E-state index in [9.17, 15) is 4.79 Å². The summed E-state index contributed by atoms with van der Waals surface area (Å²) in [4.78, 5) is 19.3. The van der Waals surface area contributed by atoms with E-state index in [1.807, 2.05) is 61.9 Å². The standard InChI is InChI=1S/C24H26N4O2/c1-24(2,3)30-23(29)27-14-15-28-21(17-27)20(16-25-28)26-22(18-10-6-4-7-11-18)19-12-8-5-9-13-19/h4-13,16H,14-15,17H2,1-3H3. The van der Waals surface area contributed by atoms with Crippen LogP contribution in [0.1, 0.15) is 37.6 Å². The third-order valence-electron chi connectivity index (χ3n) is 4.83. The number of amides is 1. The van der Waals surface area contributed by atoms with Crippen LogP contribution in [0.2, 0.25) is 0 Å². The van der Waals surface area contributed by atoms with Crippen LogP contribution in [0, 0.1) is 0 Å². The van der Waals surface area contributed by atoms with Crippen LogP contribution in [-0.4, -0.2) is 38.6 Å². The number of hydrogen-bond donors (Lipinski definition) is 0. The van der Waals surface area contributed by atoms with Gasteiger partial charge in [0.1, 0.15) is 11.3 Å². The van der Waals surface area contributed by atoms with Gasteiger partial charge in [0.05, 0.1) is 30.7 Å². The minimum Gasteiger partial charge on any atom is -0.444 e. The zero-order valence-corrected chi connectivity index (χ0v) is 17.6. The molecule has 6 nitrogen and oxygen atoms in total. The van der Waals surface area contributed by atoms with Gasteiger partial charge in [0, 0.05) is 17.7 Å². The van der Waals surface area contributed by atoms with E-state index in [2.05, 4.69) is 29.4 Å². The normalized spacial score (nSPS) is 13.5. The molecule has 1 aliphatic rings. The fraction of sp³-hybridized carbons (Fsp3) is 0.292. The molecule has 2 heterocycles. The van der Waals surface area contributed by atoms with Crippen LogP contribution in [-0.2, 0) is 17.8 Å². The smallest absolute Gasteiger partial charge is 0.410 e. The number of ether oxygens (including phenoxy) is 1. The predicted molar refractivity (Wildman–Crippen MR) is 117 cm³/mol. The van der Waals surface area contributed by atoms with Crippen LogP contribution in [0.25, 0.3) is 0 Å². The first-order valence-corrected chi connectivity index (χ1v) is 10.1. The molecule has 0 saturated carbocycles. The zero-order valence-electron chi connectivity index (χ0n) is 17.6. The Morgan fingerprint density at radius 2 is 1.57 bits per heavy atom. The van der Waals surface area contributed by atoms with Gasteiger partial charge in [-0.2, -0.15) is 5.10 Å². The topological polar surface area (TPSA) is 59.7 Å². The molecule has 2 aromatic carbocycles. The van der Waals surface area contributed by atoms with Crippen molar-refractivity contribution in [2.24, 2.45) is 4.99 Å². The van der Waals surface area contributed by atoms with Crippen molar-refractivity contribution in [3.63, 3.8) is 0 Å². The maximum Gasteiger partial charge on any atom is 0.410 e. The van der Waals surface area contributed by atoms with Crippen molar-refractivity contribution in [1.82, 2.24) is 14.7 Å². The number of rotatable bonds is 3. The summed E-state index contributed by atoms with van der Waals surface area (Å²) in [5.74, 6) is 0. The molecule has 4 rings (SSSR count). The van der Waals surface area contributed by atoms with Gasteiger partial charge in [0.15, 0.2) is 0 Å². The number of aromatic nitrogens is 2. The van der Waals surface area contributed by atoms with E-state index in [0.29, 0.717) is 19.6 Å². The van der Waals surface area contributed by atoms with Gasteiger partial charge in [-0.05, 0) is 20.8 Å². The Morgan fingerprint density at radius 1 is 0.967 bits per heavy atom. The van der Waals surface area contributed by atoms with E-state index in [0.717, 1.165) is 28.2 Å². The molecule has 0 unspecified atom stereocenters. The largest absolute Gasteiger partial charge is 0.444 e. The first-order chi connectivity index (χ1) is 14.4. The number of aliphatic imine (C=N–C) groups is 1. The third-order valence-corrected chi connectivity index (χ3v) is 4.83. The second-order valence-electron chi connectivity index (χ2n) is 8.29. The van der Waals surface area contributed by atoms with Crippen LogP contribution < -0.4 is 0 Å². The van der Waals surface area contributed by atoms with Crippen molar-refractivity contribution in [3.05, 3.63) is 83.7 Å². The number of hydrogen-bond acceptors (Lipinski definition) is 4. The van der Waals surface area contributed by atoms with Crippen molar-refractivity contribution in [2.75, 3.05) is 6.54 Å². The third kappa shape index (κ3) is 4.43. The lowest BCUT2D eigenvalue weighted by Crippen LogP contribution is -2.41. The fourth-order valence-electron chi connectivity index (χ4n) is 3.42. The molecule has 154 valence electrons. The predicted octanol–water partition coefficient (Wildman–Crippen LogP) is 4.80. The van der Waals surface area contributed by atoms with Crippen LogP contribution >= 0.6 is 0 Å². The maximum absolute atomic E-state index is 12.6. The summed E-state index contributed by atoms with van der Waals surface area (Å²) in [6, 6.07) is 20.2. The summed E-state index contributed by atoms with van der Waals surface area (Å²) in [6.45, 7) is 7.24. The van der Waals surface area contributed by atoms with Crippen LogP contribution in [0.3, 0.4) is 0 Å². The summed E-state index contributed by atoms with van der Waals surface area (Å²) in [5, 5.41) is 4.50. The molecular formula is C24H26N4O2. The molecule has 0 spiro atoms. The molecule has 3 aromatic rings. The van der Waals surface area contributed by atoms with E-state index >= 15 is 0 Å². The number of nitrogens with zero attached hydrogens (tertiary/aromatic N) is 4. The maximum atomic E-state index is 12.6.